The normalized spacial score (nSPS) is 19.7. The highest BCUT2D eigenvalue weighted by molar-refractivity contribution is 14.0. The molecule has 7 nitrogen and oxygen atoms in total. The van der Waals surface area contributed by atoms with Gasteiger partial charge in [-0.2, -0.15) is 0 Å². The number of piperazine rings is 1. The molecule has 0 saturated carbocycles. The first-order valence-electron chi connectivity index (χ1n) is 9.68. The number of carbonyl (C=O) groups is 1. The molecule has 1 amide bonds. The summed E-state index contributed by atoms with van der Waals surface area (Å²) in [4.78, 5) is 23.4. The molecule has 1 aromatic heterocycles. The molecule has 152 valence electrons. The van der Waals surface area contributed by atoms with Gasteiger partial charge in [0.1, 0.15) is 0 Å². The number of aliphatic imine (C=N–C) groups is 1. The summed E-state index contributed by atoms with van der Waals surface area (Å²) in [6.07, 6.45) is 4.21. The second kappa shape index (κ2) is 10.9. The number of guanidine groups is 1. The minimum absolute atomic E-state index is 0. The lowest BCUT2D eigenvalue weighted by Gasteiger charge is -2.36. The molecule has 2 aliphatic rings. The lowest BCUT2D eigenvalue weighted by Crippen LogP contribution is -2.54. The Bertz CT molecular complexity index is 593. The Kier molecular flexibility index (Phi) is 8.88. The van der Waals surface area contributed by atoms with E-state index in [1.807, 2.05) is 11.9 Å². The topological polar surface area (TPSA) is 64.3 Å². The molecule has 0 aromatic carbocycles. The van der Waals surface area contributed by atoms with Crippen molar-refractivity contribution in [2.24, 2.45) is 10.9 Å². The molecular weight excluding hydrogens is 457 g/mol. The summed E-state index contributed by atoms with van der Waals surface area (Å²) in [5, 5.41) is 3.51. The Labute approximate surface area is 179 Å². The molecule has 1 aromatic rings. The number of amides is 1. The van der Waals surface area contributed by atoms with Gasteiger partial charge in [-0.1, -0.05) is 6.92 Å². The summed E-state index contributed by atoms with van der Waals surface area (Å²) in [5.74, 6) is 1.91. The van der Waals surface area contributed by atoms with Crippen LogP contribution in [0, 0.1) is 5.92 Å². The Balaban J connectivity index is 0.00000261. The molecule has 3 heterocycles. The van der Waals surface area contributed by atoms with Gasteiger partial charge in [0.15, 0.2) is 11.7 Å². The molecule has 1 N–H and O–H groups in total. The van der Waals surface area contributed by atoms with E-state index in [0.717, 1.165) is 32.1 Å². The van der Waals surface area contributed by atoms with Crippen LogP contribution in [0.5, 0.6) is 0 Å². The van der Waals surface area contributed by atoms with Gasteiger partial charge in [-0.3, -0.25) is 9.79 Å². The predicted octanol–water partition coefficient (Wildman–Crippen LogP) is 1.96. The monoisotopic (exact) mass is 489 g/mol. The highest BCUT2D eigenvalue weighted by Gasteiger charge is 2.25. The van der Waals surface area contributed by atoms with E-state index in [1.165, 1.54) is 25.9 Å². The van der Waals surface area contributed by atoms with Crippen molar-refractivity contribution in [1.29, 1.82) is 0 Å². The number of rotatable bonds is 5. The van der Waals surface area contributed by atoms with Gasteiger partial charge >= 0.3 is 0 Å². The van der Waals surface area contributed by atoms with Gasteiger partial charge in [-0.05, 0) is 44.0 Å². The first-order chi connectivity index (χ1) is 12.7. The van der Waals surface area contributed by atoms with Crippen molar-refractivity contribution in [2.75, 3.05) is 59.4 Å². The summed E-state index contributed by atoms with van der Waals surface area (Å²) in [5.41, 5.74) is 0. The van der Waals surface area contributed by atoms with E-state index in [9.17, 15) is 4.79 Å². The number of nitrogens with zero attached hydrogens (tertiary/aromatic N) is 4. The molecule has 2 saturated heterocycles. The summed E-state index contributed by atoms with van der Waals surface area (Å²) < 4.78 is 5.22. The molecule has 27 heavy (non-hydrogen) atoms. The van der Waals surface area contributed by atoms with Gasteiger partial charge < -0.3 is 24.4 Å². The van der Waals surface area contributed by atoms with Crippen LogP contribution in [-0.2, 0) is 0 Å². The molecule has 0 bridgehead atoms. The van der Waals surface area contributed by atoms with Gasteiger partial charge in [-0.15, -0.1) is 24.0 Å². The van der Waals surface area contributed by atoms with Gasteiger partial charge in [-0.25, -0.2) is 0 Å². The smallest absolute Gasteiger partial charge is 0.289 e. The maximum Gasteiger partial charge on any atom is 0.289 e. The van der Waals surface area contributed by atoms with Crippen LogP contribution in [-0.4, -0.2) is 86.0 Å². The SMILES string of the molecule is CN=C(NCC(C)CN1CCCC1)N1CCN(C(=O)c2ccco2)CC1.I. The second-order valence-corrected chi connectivity index (χ2v) is 7.30. The third-order valence-electron chi connectivity index (χ3n) is 5.19. The largest absolute Gasteiger partial charge is 0.459 e. The van der Waals surface area contributed by atoms with E-state index >= 15 is 0 Å². The van der Waals surface area contributed by atoms with Crippen molar-refractivity contribution in [1.82, 2.24) is 20.0 Å². The maximum absolute atomic E-state index is 12.3. The van der Waals surface area contributed by atoms with Crippen molar-refractivity contribution in [2.45, 2.75) is 19.8 Å². The minimum Gasteiger partial charge on any atom is -0.459 e. The lowest BCUT2D eigenvalue weighted by atomic mass is 10.1. The minimum atomic E-state index is -0.0307. The third-order valence-corrected chi connectivity index (χ3v) is 5.19. The fraction of sp³-hybridized carbons (Fsp3) is 0.684. The van der Waals surface area contributed by atoms with Gasteiger partial charge in [0.2, 0.25) is 0 Å². The average molecular weight is 489 g/mol. The second-order valence-electron chi connectivity index (χ2n) is 7.30. The first kappa shape index (κ1) is 22.0. The number of hydrogen-bond acceptors (Lipinski definition) is 4. The van der Waals surface area contributed by atoms with Crippen LogP contribution >= 0.6 is 24.0 Å². The van der Waals surface area contributed by atoms with E-state index in [0.29, 0.717) is 24.8 Å². The third kappa shape index (κ3) is 6.10. The van der Waals surface area contributed by atoms with Crippen LogP contribution < -0.4 is 5.32 Å². The highest BCUT2D eigenvalue weighted by atomic mass is 127. The highest BCUT2D eigenvalue weighted by Crippen LogP contribution is 2.11. The fourth-order valence-electron chi connectivity index (χ4n) is 3.75. The number of carbonyl (C=O) groups excluding carboxylic acids is 1. The molecule has 0 spiro atoms. The van der Waals surface area contributed by atoms with Gasteiger partial charge in [0.25, 0.3) is 5.91 Å². The summed E-state index contributed by atoms with van der Waals surface area (Å²) in [7, 11) is 1.83. The number of likely N-dealkylation sites (tertiary alicyclic amines) is 1. The first-order valence-corrected chi connectivity index (χ1v) is 9.68. The molecular formula is C19H32IN5O2. The zero-order chi connectivity index (χ0) is 18.4. The summed E-state index contributed by atoms with van der Waals surface area (Å²) >= 11 is 0. The number of hydrogen-bond donors (Lipinski definition) is 1. The van der Waals surface area contributed by atoms with E-state index in [2.05, 4.69) is 27.0 Å². The summed E-state index contributed by atoms with van der Waals surface area (Å²) in [6, 6.07) is 3.47. The van der Waals surface area contributed by atoms with Crippen LogP contribution in [0.3, 0.4) is 0 Å². The lowest BCUT2D eigenvalue weighted by molar-refractivity contribution is 0.0657. The molecule has 2 fully saturated rings. The van der Waals surface area contributed by atoms with Crippen molar-refractivity contribution >= 4 is 35.8 Å². The predicted molar refractivity (Wildman–Crippen MR) is 118 cm³/mol. The number of halogens is 1. The fourth-order valence-corrected chi connectivity index (χ4v) is 3.75. The Hall–Kier alpha value is -1.29. The molecule has 3 rings (SSSR count). The summed E-state index contributed by atoms with van der Waals surface area (Å²) in [6.45, 7) is 9.78. The standard InChI is InChI=1S/C19H31N5O2.HI/c1-16(15-22-7-3-4-8-22)14-21-19(20-2)24-11-9-23(10-12-24)18(25)17-6-5-13-26-17;/h5-6,13,16H,3-4,7-12,14-15H2,1-2H3,(H,20,21);1H. The van der Waals surface area contributed by atoms with Crippen LogP contribution in [0.4, 0.5) is 0 Å². The Morgan fingerprint density at radius 3 is 2.44 bits per heavy atom. The van der Waals surface area contributed by atoms with Crippen LogP contribution in [0.1, 0.15) is 30.3 Å². The van der Waals surface area contributed by atoms with Crippen LogP contribution in [0.25, 0.3) is 0 Å². The molecule has 0 radical (unpaired) electrons. The van der Waals surface area contributed by atoms with E-state index < -0.39 is 0 Å². The maximum atomic E-state index is 12.3. The van der Waals surface area contributed by atoms with Gasteiger partial charge in [0, 0.05) is 46.3 Å². The van der Waals surface area contributed by atoms with Crippen molar-refractivity contribution in [3.63, 3.8) is 0 Å². The van der Waals surface area contributed by atoms with E-state index in [4.69, 9.17) is 4.42 Å². The average Bonchev–Trinajstić information content (AvgIpc) is 3.36. The molecule has 2 aliphatic heterocycles. The van der Waals surface area contributed by atoms with Crippen LogP contribution in [0.15, 0.2) is 27.8 Å². The van der Waals surface area contributed by atoms with Crippen molar-refractivity contribution < 1.29 is 9.21 Å². The zero-order valence-corrected chi connectivity index (χ0v) is 18.7. The number of furan rings is 1. The Morgan fingerprint density at radius 1 is 1.19 bits per heavy atom. The van der Waals surface area contributed by atoms with Crippen molar-refractivity contribution in [3.05, 3.63) is 24.2 Å². The quantitative estimate of drug-likeness (QED) is 0.390. The van der Waals surface area contributed by atoms with Gasteiger partial charge in [0.05, 0.1) is 6.26 Å². The number of nitrogens with one attached hydrogen (secondary N) is 1. The molecule has 1 unspecified atom stereocenters. The Morgan fingerprint density at radius 2 is 1.85 bits per heavy atom. The molecule has 0 aliphatic carbocycles. The van der Waals surface area contributed by atoms with Crippen molar-refractivity contribution in [3.8, 4) is 0 Å². The van der Waals surface area contributed by atoms with Crippen LogP contribution in [0.2, 0.25) is 0 Å². The molecule has 1 atom stereocenters. The van der Waals surface area contributed by atoms with E-state index in [-0.39, 0.29) is 29.9 Å². The zero-order valence-electron chi connectivity index (χ0n) is 16.4. The van der Waals surface area contributed by atoms with E-state index in [1.54, 1.807) is 18.4 Å². The molecule has 8 heteroatoms.